The van der Waals surface area contributed by atoms with Crippen molar-refractivity contribution in [3.63, 3.8) is 0 Å². The van der Waals surface area contributed by atoms with Crippen LogP contribution in [0.25, 0.3) is 5.57 Å². The number of carboxylic acid groups (broad SMARTS) is 1. The fourth-order valence-electron chi connectivity index (χ4n) is 4.30. The van der Waals surface area contributed by atoms with Gasteiger partial charge in [0.2, 0.25) is 0 Å². The van der Waals surface area contributed by atoms with E-state index in [0.29, 0.717) is 0 Å². The highest BCUT2D eigenvalue weighted by atomic mass is 16.5. The van der Waals surface area contributed by atoms with Crippen molar-refractivity contribution in [2.24, 2.45) is 5.41 Å². The molecule has 1 aromatic carbocycles. The molecule has 0 radical (unpaired) electrons. The summed E-state index contributed by atoms with van der Waals surface area (Å²) in [4.78, 5) is 13.5. The molecule has 0 bridgehead atoms. The van der Waals surface area contributed by atoms with Gasteiger partial charge in [-0.1, -0.05) is 50.8 Å². The van der Waals surface area contributed by atoms with E-state index in [1.807, 2.05) is 38.1 Å². The fourth-order valence-corrected chi connectivity index (χ4v) is 4.30. The molecular weight excluding hydrogens is 410 g/mol. The zero-order valence-corrected chi connectivity index (χ0v) is 21.7. The van der Waals surface area contributed by atoms with Crippen LogP contribution in [0.15, 0.2) is 53.8 Å². The Bertz CT molecular complexity index is 886. The number of benzene rings is 1. The van der Waals surface area contributed by atoms with Crippen molar-refractivity contribution in [1.29, 1.82) is 0 Å². The highest BCUT2D eigenvalue weighted by Crippen LogP contribution is 2.39. The zero-order valence-electron chi connectivity index (χ0n) is 21.7. The van der Waals surface area contributed by atoms with Gasteiger partial charge in [0, 0.05) is 6.04 Å². The molecule has 4 heteroatoms. The summed E-state index contributed by atoms with van der Waals surface area (Å²) in [7, 11) is 2.24. The van der Waals surface area contributed by atoms with E-state index < -0.39 is 5.97 Å². The van der Waals surface area contributed by atoms with Crippen molar-refractivity contribution in [3.8, 4) is 0 Å². The number of carbonyl (C=O) groups is 1. The summed E-state index contributed by atoms with van der Waals surface area (Å²) in [6.45, 7) is 18.2. The van der Waals surface area contributed by atoms with Gasteiger partial charge in [0.25, 0.3) is 0 Å². The minimum atomic E-state index is -0.811. The van der Waals surface area contributed by atoms with Crippen LogP contribution < -0.4 is 0 Å². The number of nitrogens with zero attached hydrogens (tertiary/aromatic N) is 1. The monoisotopic (exact) mass is 453 g/mol. The lowest BCUT2D eigenvalue weighted by atomic mass is 9.76. The Kier molecular flexibility index (Phi) is 9.54. The van der Waals surface area contributed by atoms with Crippen molar-refractivity contribution in [2.45, 2.75) is 85.8 Å². The Morgan fingerprint density at radius 1 is 1.24 bits per heavy atom. The molecule has 1 aliphatic carbocycles. The van der Waals surface area contributed by atoms with Crippen LogP contribution >= 0.6 is 0 Å². The minimum absolute atomic E-state index is 0.0394. The zero-order chi connectivity index (χ0) is 24.8. The maximum Gasteiger partial charge on any atom is 0.307 e. The molecular formula is C29H43NO3. The van der Waals surface area contributed by atoms with Crippen LogP contribution in [0.4, 0.5) is 0 Å². The van der Waals surface area contributed by atoms with Crippen molar-refractivity contribution >= 4 is 11.5 Å². The van der Waals surface area contributed by atoms with Crippen LogP contribution in [-0.4, -0.2) is 41.7 Å². The minimum Gasteiger partial charge on any atom is -0.491 e. The van der Waals surface area contributed by atoms with Gasteiger partial charge in [-0.3, -0.25) is 4.79 Å². The van der Waals surface area contributed by atoms with Gasteiger partial charge < -0.3 is 14.7 Å². The molecule has 0 heterocycles. The second-order valence-corrected chi connectivity index (χ2v) is 10.4. The average molecular weight is 454 g/mol. The number of ether oxygens (including phenoxy) is 1. The summed E-state index contributed by atoms with van der Waals surface area (Å²) in [6, 6.07) is 8.60. The lowest BCUT2D eigenvalue weighted by Crippen LogP contribution is -2.24. The first-order valence-corrected chi connectivity index (χ1v) is 12.2. The summed E-state index contributed by atoms with van der Waals surface area (Å²) in [6.07, 6.45) is 7.28. The standard InChI is InChI=1S/C29H43NO3/c1-20(2)33-23(5)22(4)27(29(6,7)16-9-17-30(8)26-14-15-26)18-21(3)25-12-10-24(11-13-25)19-28(31)32/h10-13,18,20,26H,5,9,14-17,19H2,1-4,6-8H3,(H,31,32)/b21-18+,27-22+. The average Bonchev–Trinajstić information content (AvgIpc) is 3.56. The van der Waals surface area contributed by atoms with Gasteiger partial charge in [-0.25, -0.2) is 0 Å². The van der Waals surface area contributed by atoms with Crippen molar-refractivity contribution < 1.29 is 14.6 Å². The molecule has 0 unspecified atom stereocenters. The Morgan fingerprint density at radius 2 is 1.85 bits per heavy atom. The predicted molar refractivity (Wildman–Crippen MR) is 138 cm³/mol. The lowest BCUT2D eigenvalue weighted by molar-refractivity contribution is -0.136. The second kappa shape index (κ2) is 11.7. The number of aliphatic carboxylic acids is 1. The number of carboxylic acids is 1. The largest absolute Gasteiger partial charge is 0.491 e. The summed E-state index contributed by atoms with van der Waals surface area (Å²) in [5.41, 5.74) is 5.34. The molecule has 0 aromatic heterocycles. The lowest BCUT2D eigenvalue weighted by Gasteiger charge is -2.31. The Labute approximate surface area is 201 Å². The smallest absolute Gasteiger partial charge is 0.307 e. The van der Waals surface area contributed by atoms with Crippen molar-refractivity contribution in [3.05, 3.63) is 65.0 Å². The highest BCUT2D eigenvalue weighted by Gasteiger charge is 2.28. The molecule has 0 aliphatic heterocycles. The topological polar surface area (TPSA) is 49.8 Å². The molecule has 1 N–H and O–H groups in total. The molecule has 1 fully saturated rings. The third-order valence-electron chi connectivity index (χ3n) is 6.54. The Hall–Kier alpha value is -2.33. The molecule has 0 atom stereocenters. The predicted octanol–water partition coefficient (Wildman–Crippen LogP) is 6.87. The highest BCUT2D eigenvalue weighted by molar-refractivity contribution is 5.71. The molecule has 4 nitrogen and oxygen atoms in total. The van der Waals surface area contributed by atoms with Crippen LogP contribution in [0.2, 0.25) is 0 Å². The Balaban J connectivity index is 2.30. The maximum absolute atomic E-state index is 11.0. The molecule has 2 rings (SSSR count). The first-order valence-electron chi connectivity index (χ1n) is 12.2. The van der Waals surface area contributed by atoms with Crippen LogP contribution in [-0.2, 0) is 16.0 Å². The fraction of sp³-hybridized carbons (Fsp3) is 0.552. The van der Waals surface area contributed by atoms with E-state index in [1.165, 1.54) is 18.4 Å². The molecule has 0 amide bonds. The molecule has 1 saturated carbocycles. The number of allylic oxidation sites excluding steroid dienone is 4. The van der Waals surface area contributed by atoms with Crippen LogP contribution in [0.3, 0.4) is 0 Å². The van der Waals surface area contributed by atoms with E-state index in [1.54, 1.807) is 0 Å². The van der Waals surface area contributed by atoms with Gasteiger partial charge in [0.05, 0.1) is 12.5 Å². The summed E-state index contributed by atoms with van der Waals surface area (Å²) in [5, 5.41) is 9.03. The molecule has 0 saturated heterocycles. The molecule has 33 heavy (non-hydrogen) atoms. The Morgan fingerprint density at radius 3 is 2.36 bits per heavy atom. The van der Waals surface area contributed by atoms with E-state index in [-0.39, 0.29) is 17.9 Å². The third-order valence-corrected chi connectivity index (χ3v) is 6.54. The van der Waals surface area contributed by atoms with Crippen molar-refractivity contribution in [1.82, 2.24) is 4.90 Å². The van der Waals surface area contributed by atoms with Gasteiger partial charge in [-0.2, -0.15) is 0 Å². The second-order valence-electron chi connectivity index (χ2n) is 10.4. The van der Waals surface area contributed by atoms with Crippen LogP contribution in [0.5, 0.6) is 0 Å². The van der Waals surface area contributed by atoms with Crippen molar-refractivity contribution in [2.75, 3.05) is 13.6 Å². The molecule has 1 aliphatic rings. The van der Waals surface area contributed by atoms with Gasteiger partial charge in [-0.15, -0.1) is 0 Å². The van der Waals surface area contributed by atoms with E-state index in [4.69, 9.17) is 9.84 Å². The van der Waals surface area contributed by atoms with Crippen LogP contribution in [0.1, 0.15) is 78.4 Å². The van der Waals surface area contributed by atoms with E-state index in [9.17, 15) is 4.79 Å². The summed E-state index contributed by atoms with van der Waals surface area (Å²) in [5.74, 6) is -0.0855. The number of rotatable bonds is 13. The third kappa shape index (κ3) is 8.51. The first kappa shape index (κ1) is 26.9. The van der Waals surface area contributed by atoms with Gasteiger partial charge >= 0.3 is 5.97 Å². The quantitative estimate of drug-likeness (QED) is 0.261. The van der Waals surface area contributed by atoms with Gasteiger partial charge in [0.1, 0.15) is 5.76 Å². The molecule has 182 valence electrons. The van der Waals surface area contributed by atoms with E-state index >= 15 is 0 Å². The van der Waals surface area contributed by atoms with E-state index in [2.05, 4.69) is 52.3 Å². The van der Waals surface area contributed by atoms with E-state index in [0.717, 1.165) is 53.5 Å². The number of hydrogen-bond donors (Lipinski definition) is 1. The maximum atomic E-state index is 11.0. The summed E-state index contributed by atoms with van der Waals surface area (Å²) >= 11 is 0. The first-order chi connectivity index (χ1) is 15.4. The normalized spacial score (nSPS) is 15.6. The SMILES string of the molecule is C=C(OC(C)C)/C(C)=C(\C=C(/C)c1ccc(CC(=O)O)cc1)C(C)(C)CCCN(C)C1CC1. The number of hydrogen-bond acceptors (Lipinski definition) is 3. The van der Waals surface area contributed by atoms with Gasteiger partial charge in [-0.05, 0) is 100 Å². The molecule has 1 aromatic rings. The molecule has 0 spiro atoms. The van der Waals surface area contributed by atoms with Gasteiger partial charge in [0.15, 0.2) is 0 Å². The summed E-state index contributed by atoms with van der Waals surface area (Å²) < 4.78 is 5.97. The van der Waals surface area contributed by atoms with Crippen LogP contribution in [0, 0.1) is 5.41 Å².